The van der Waals surface area contributed by atoms with Gasteiger partial charge in [-0.25, -0.2) is 0 Å². The molecule has 0 radical (unpaired) electrons. The van der Waals surface area contributed by atoms with Gasteiger partial charge in [-0.05, 0) is 29.7 Å². The van der Waals surface area contributed by atoms with Crippen molar-refractivity contribution >= 4 is 5.78 Å². The van der Waals surface area contributed by atoms with E-state index in [-0.39, 0.29) is 17.9 Å². The predicted molar refractivity (Wildman–Crippen MR) is 105 cm³/mol. The van der Waals surface area contributed by atoms with Crippen LogP contribution in [-0.4, -0.2) is 10.4 Å². The molecule has 0 aliphatic carbocycles. The lowest BCUT2D eigenvalue weighted by atomic mass is 10.0. The summed E-state index contributed by atoms with van der Waals surface area (Å²) in [4.78, 5) is 24.9. The molecule has 5 nitrogen and oxygen atoms in total. The van der Waals surface area contributed by atoms with E-state index in [9.17, 15) is 9.59 Å². The Balaban J connectivity index is 1.69. The molecule has 3 aromatic rings. The minimum atomic E-state index is -0.273. The van der Waals surface area contributed by atoms with Gasteiger partial charge in [-0.15, -0.1) is 0 Å². The van der Waals surface area contributed by atoms with Crippen molar-refractivity contribution < 1.29 is 9.53 Å². The van der Waals surface area contributed by atoms with Crippen LogP contribution in [0.1, 0.15) is 27.0 Å². The molecule has 2 N–H and O–H groups in total. The molecule has 0 spiro atoms. The topological polar surface area (TPSA) is 74.3 Å². The van der Waals surface area contributed by atoms with Crippen LogP contribution in [0.5, 0.6) is 5.75 Å². The second kappa shape index (κ2) is 8.47. The summed E-state index contributed by atoms with van der Waals surface area (Å²) in [5.74, 6) is 0.368. The monoisotopic (exact) mass is 362 g/mol. The van der Waals surface area contributed by atoms with Gasteiger partial charge < -0.3 is 15.0 Å². The number of carbonyl (C=O) groups is 1. The van der Waals surface area contributed by atoms with Crippen molar-refractivity contribution in [2.45, 2.75) is 26.6 Å². The first-order chi connectivity index (χ1) is 13.1. The van der Waals surface area contributed by atoms with Gasteiger partial charge in [0, 0.05) is 24.4 Å². The average molecular weight is 362 g/mol. The van der Waals surface area contributed by atoms with Crippen molar-refractivity contribution in [2.75, 3.05) is 0 Å². The Hall–Kier alpha value is -3.18. The lowest BCUT2D eigenvalue weighted by Crippen LogP contribution is -2.23. The number of aryl methyl sites for hydroxylation is 1. The SMILES string of the molecule is Cc1cc(CN)ccc1C(=O)Cn1ccc(OCc2ccccc2)cc1=O. The fourth-order valence-corrected chi connectivity index (χ4v) is 2.86. The van der Waals surface area contributed by atoms with Crippen LogP contribution < -0.4 is 16.0 Å². The maximum atomic E-state index is 12.6. The van der Waals surface area contributed by atoms with Crippen molar-refractivity contribution in [1.82, 2.24) is 4.57 Å². The number of rotatable bonds is 7. The zero-order valence-corrected chi connectivity index (χ0v) is 15.2. The molecular weight excluding hydrogens is 340 g/mol. The highest BCUT2D eigenvalue weighted by molar-refractivity contribution is 5.97. The minimum absolute atomic E-state index is 0.0133. The number of benzene rings is 2. The standard InChI is InChI=1S/C22H22N2O3/c1-16-11-18(13-23)7-8-20(16)21(25)14-24-10-9-19(12-22(24)26)27-15-17-5-3-2-4-6-17/h2-12H,13-15,23H2,1H3. The number of carbonyl (C=O) groups excluding carboxylic acids is 1. The van der Waals surface area contributed by atoms with Gasteiger partial charge in [-0.1, -0.05) is 48.5 Å². The molecule has 0 aliphatic rings. The fraction of sp³-hybridized carbons (Fsp3) is 0.182. The third-order valence-corrected chi connectivity index (χ3v) is 4.36. The first kappa shape index (κ1) is 18.6. The van der Waals surface area contributed by atoms with Gasteiger partial charge in [0.1, 0.15) is 12.4 Å². The third-order valence-electron chi connectivity index (χ3n) is 4.36. The van der Waals surface area contributed by atoms with E-state index >= 15 is 0 Å². The van der Waals surface area contributed by atoms with Crippen LogP contribution in [0.2, 0.25) is 0 Å². The van der Waals surface area contributed by atoms with Crippen molar-refractivity contribution in [3.05, 3.63) is 99.5 Å². The molecule has 138 valence electrons. The maximum Gasteiger partial charge on any atom is 0.254 e. The Labute approximate surface area is 158 Å². The third kappa shape index (κ3) is 4.71. The number of hydrogen-bond donors (Lipinski definition) is 1. The van der Waals surface area contributed by atoms with Gasteiger partial charge in [0.05, 0.1) is 6.54 Å². The van der Waals surface area contributed by atoms with Crippen LogP contribution in [0.4, 0.5) is 0 Å². The quantitative estimate of drug-likeness (QED) is 0.656. The number of nitrogens with two attached hydrogens (primary N) is 1. The highest BCUT2D eigenvalue weighted by Crippen LogP contribution is 2.13. The van der Waals surface area contributed by atoms with Crippen molar-refractivity contribution in [1.29, 1.82) is 0 Å². The van der Waals surface area contributed by atoms with E-state index in [1.54, 1.807) is 18.3 Å². The first-order valence-corrected chi connectivity index (χ1v) is 8.77. The minimum Gasteiger partial charge on any atom is -0.489 e. The molecule has 0 atom stereocenters. The largest absolute Gasteiger partial charge is 0.489 e. The Morgan fingerprint density at radius 1 is 1.04 bits per heavy atom. The van der Waals surface area contributed by atoms with Gasteiger partial charge in [-0.2, -0.15) is 0 Å². The molecule has 0 amide bonds. The van der Waals surface area contributed by atoms with Crippen LogP contribution in [0, 0.1) is 6.92 Å². The first-order valence-electron chi connectivity index (χ1n) is 8.77. The van der Waals surface area contributed by atoms with E-state index in [4.69, 9.17) is 10.5 Å². The summed E-state index contributed by atoms with van der Waals surface area (Å²) < 4.78 is 7.03. The summed E-state index contributed by atoms with van der Waals surface area (Å²) >= 11 is 0. The van der Waals surface area contributed by atoms with E-state index in [0.29, 0.717) is 24.5 Å². The number of hydrogen-bond acceptors (Lipinski definition) is 4. The number of aromatic nitrogens is 1. The number of Topliss-reactive ketones (excluding diaryl/α,β-unsaturated/α-hetero) is 1. The zero-order valence-electron chi connectivity index (χ0n) is 15.2. The molecule has 27 heavy (non-hydrogen) atoms. The smallest absolute Gasteiger partial charge is 0.254 e. The van der Waals surface area contributed by atoms with Gasteiger partial charge in [-0.3, -0.25) is 9.59 Å². The van der Waals surface area contributed by atoms with Crippen LogP contribution in [0.3, 0.4) is 0 Å². The van der Waals surface area contributed by atoms with E-state index in [0.717, 1.165) is 16.7 Å². The molecule has 2 aromatic carbocycles. The number of pyridine rings is 1. The summed E-state index contributed by atoms with van der Waals surface area (Å²) in [6.07, 6.45) is 1.59. The Morgan fingerprint density at radius 2 is 1.81 bits per heavy atom. The molecule has 5 heteroatoms. The van der Waals surface area contributed by atoms with E-state index in [1.807, 2.05) is 49.4 Å². The summed E-state index contributed by atoms with van der Waals surface area (Å²) in [6.45, 7) is 2.67. The van der Waals surface area contributed by atoms with Gasteiger partial charge in [0.25, 0.3) is 5.56 Å². The number of ketones is 1. The second-order valence-corrected chi connectivity index (χ2v) is 6.38. The fourth-order valence-electron chi connectivity index (χ4n) is 2.86. The maximum absolute atomic E-state index is 12.6. The molecule has 0 saturated heterocycles. The van der Waals surface area contributed by atoms with Gasteiger partial charge >= 0.3 is 0 Å². The zero-order chi connectivity index (χ0) is 19.2. The molecule has 0 unspecified atom stereocenters. The van der Waals surface area contributed by atoms with Crippen LogP contribution in [0.15, 0.2) is 71.7 Å². The van der Waals surface area contributed by atoms with Crippen molar-refractivity contribution in [3.8, 4) is 5.75 Å². The van der Waals surface area contributed by atoms with Crippen LogP contribution >= 0.6 is 0 Å². The molecular formula is C22H22N2O3. The molecule has 0 saturated carbocycles. The average Bonchev–Trinajstić information content (AvgIpc) is 2.68. The lowest BCUT2D eigenvalue weighted by Gasteiger charge is -2.10. The van der Waals surface area contributed by atoms with Crippen LogP contribution in [0.25, 0.3) is 0 Å². The van der Waals surface area contributed by atoms with E-state index in [2.05, 4.69) is 0 Å². The normalized spacial score (nSPS) is 10.6. The van der Waals surface area contributed by atoms with Crippen molar-refractivity contribution in [2.24, 2.45) is 5.73 Å². The number of nitrogens with zero attached hydrogens (tertiary/aromatic N) is 1. The van der Waals surface area contributed by atoms with Gasteiger partial charge in [0.2, 0.25) is 0 Å². The van der Waals surface area contributed by atoms with E-state index in [1.165, 1.54) is 10.6 Å². The highest BCUT2D eigenvalue weighted by atomic mass is 16.5. The second-order valence-electron chi connectivity index (χ2n) is 6.38. The van der Waals surface area contributed by atoms with E-state index < -0.39 is 0 Å². The Bertz CT molecular complexity index is 994. The molecule has 0 aliphatic heterocycles. The number of ether oxygens (including phenoxy) is 1. The van der Waals surface area contributed by atoms with Gasteiger partial charge in [0.15, 0.2) is 5.78 Å². The Kier molecular flexibility index (Phi) is 5.84. The molecule has 0 bridgehead atoms. The summed E-state index contributed by atoms with van der Waals surface area (Å²) in [5.41, 5.74) is 8.80. The Morgan fingerprint density at radius 3 is 2.48 bits per heavy atom. The summed E-state index contributed by atoms with van der Waals surface area (Å²) in [6, 6.07) is 18.3. The van der Waals surface area contributed by atoms with Crippen LogP contribution in [-0.2, 0) is 19.7 Å². The highest BCUT2D eigenvalue weighted by Gasteiger charge is 2.11. The predicted octanol–water partition coefficient (Wildman–Crippen LogP) is 3.08. The van der Waals surface area contributed by atoms with Crippen molar-refractivity contribution in [3.63, 3.8) is 0 Å². The molecule has 1 aromatic heterocycles. The summed E-state index contributed by atoms with van der Waals surface area (Å²) in [5, 5.41) is 0. The molecule has 3 rings (SSSR count). The molecule has 1 heterocycles. The lowest BCUT2D eigenvalue weighted by molar-refractivity contribution is 0.0970. The molecule has 0 fully saturated rings. The summed E-state index contributed by atoms with van der Waals surface area (Å²) in [7, 11) is 0.